The molecule has 1 N–H and O–H groups in total. The zero-order valence-corrected chi connectivity index (χ0v) is 37.4. The lowest BCUT2D eigenvalue weighted by atomic mass is 9.64. The van der Waals surface area contributed by atoms with Crippen LogP contribution in [0.25, 0.3) is 66.1 Å². The van der Waals surface area contributed by atoms with Crippen molar-refractivity contribution in [1.29, 1.82) is 5.41 Å². The zero-order valence-electron chi connectivity index (χ0n) is 37.4. The van der Waals surface area contributed by atoms with E-state index in [9.17, 15) is 5.41 Å². The second-order valence-electron chi connectivity index (χ2n) is 17.9. The highest BCUT2D eigenvalue weighted by Crippen LogP contribution is 2.61. The fourth-order valence-corrected chi connectivity index (χ4v) is 11.7. The van der Waals surface area contributed by atoms with Crippen LogP contribution in [-0.2, 0) is 11.8 Å². The lowest BCUT2D eigenvalue weighted by Gasteiger charge is -2.40. The molecule has 68 heavy (non-hydrogen) atoms. The van der Waals surface area contributed by atoms with Gasteiger partial charge in [0.15, 0.2) is 0 Å². The fourth-order valence-electron chi connectivity index (χ4n) is 11.7. The summed E-state index contributed by atoms with van der Waals surface area (Å²) in [6, 6.07) is 78.4. The van der Waals surface area contributed by atoms with Gasteiger partial charge in [-0.05, 0) is 105 Å². The topological polar surface area (TPSA) is 33.7 Å². The molecule has 320 valence electrons. The van der Waals surface area contributed by atoms with Gasteiger partial charge in [0.05, 0.1) is 38.9 Å². The molecule has 2 aliphatic rings. The minimum atomic E-state index is -0.721. The van der Waals surface area contributed by atoms with Crippen LogP contribution in [0.2, 0.25) is 0 Å². The van der Waals surface area contributed by atoms with E-state index in [-0.39, 0.29) is 0 Å². The predicted molar refractivity (Wildman–Crippen MR) is 285 cm³/mol. The molecular formula is C65H45N3. The number of rotatable bonds is 9. The van der Waals surface area contributed by atoms with Crippen molar-refractivity contribution in [2.24, 2.45) is 0 Å². The van der Waals surface area contributed by atoms with Crippen LogP contribution in [-0.4, -0.2) is 14.8 Å². The van der Waals surface area contributed by atoms with Crippen LogP contribution in [0.1, 0.15) is 44.5 Å². The Balaban J connectivity index is 1.04. The molecular weight excluding hydrogens is 823 g/mol. The third kappa shape index (κ3) is 5.76. The summed E-state index contributed by atoms with van der Waals surface area (Å²) >= 11 is 0. The fraction of sp³-hybridized carbons (Fsp3) is 0.0308. The van der Waals surface area contributed by atoms with Gasteiger partial charge >= 0.3 is 0 Å². The van der Waals surface area contributed by atoms with Crippen molar-refractivity contribution in [2.75, 3.05) is 0 Å². The number of hydrogen-bond donors (Lipinski definition) is 1. The Labute approximate surface area is 395 Å². The summed E-state index contributed by atoms with van der Waals surface area (Å²) in [7, 11) is 0. The van der Waals surface area contributed by atoms with E-state index in [2.05, 4.69) is 240 Å². The highest BCUT2D eigenvalue weighted by atomic mass is 15.0. The maximum Gasteiger partial charge on any atom is 0.0754 e. The van der Waals surface area contributed by atoms with Crippen LogP contribution in [0.5, 0.6) is 0 Å². The van der Waals surface area contributed by atoms with Gasteiger partial charge in [-0.15, -0.1) is 0 Å². The van der Waals surface area contributed by atoms with Gasteiger partial charge in [0, 0.05) is 32.8 Å². The minimum Gasteiger partial charge on any atom is -0.309 e. The predicted octanol–water partition coefficient (Wildman–Crippen LogP) is 15.8. The summed E-state index contributed by atoms with van der Waals surface area (Å²) in [5.74, 6) is 0. The number of fused-ring (bicyclic) bond motifs is 12. The van der Waals surface area contributed by atoms with Crippen molar-refractivity contribution < 1.29 is 0 Å². The Bertz CT molecular complexity index is 3910. The van der Waals surface area contributed by atoms with Crippen molar-refractivity contribution in [3.63, 3.8) is 0 Å². The van der Waals surface area contributed by atoms with Crippen molar-refractivity contribution in [3.8, 4) is 11.4 Å². The Hall–Kier alpha value is -8.79. The standard InChI is InChI=1S/C65H45N3/c1-2-47-54(33-18-21-43-39-40-50-48-28-12-15-36-59(48)67(62(50)41-43)46-26-10-5-11-27-46)65(55-32-14-17-38-61(55)68-60-37-16-13-29-49(60)51-30-19-35-57(65)64(51)68)56-34-20-31-52(63(47)56)58(66)42-53(44-22-6-3-7-23-44)45-24-8-4-9-25-45/h2-20,22-42,66H,1,21H2/b33-18-,66-58?. The molecule has 0 fully saturated rings. The number of nitrogens with one attached hydrogen (secondary N) is 1. The van der Waals surface area contributed by atoms with Crippen molar-refractivity contribution in [2.45, 2.75) is 11.8 Å². The maximum absolute atomic E-state index is 10.1. The molecule has 2 aromatic heterocycles. The van der Waals surface area contributed by atoms with Crippen LogP contribution in [0.15, 0.2) is 255 Å². The SMILES string of the molecule is C=CC1=C(/C=C\Cc2ccc3c4ccccc4n(-c4ccccc4)c3c2)C2(c3ccccc3-n3c4ccccc4c4cccc2c43)c2cccc(C(=N)C=C(c3ccccc3)c3ccccc3)c21. The van der Waals surface area contributed by atoms with Gasteiger partial charge in [0.1, 0.15) is 0 Å². The molecule has 9 aromatic carbocycles. The summed E-state index contributed by atoms with van der Waals surface area (Å²) in [5.41, 5.74) is 18.9. The smallest absolute Gasteiger partial charge is 0.0754 e. The van der Waals surface area contributed by atoms with E-state index in [1.165, 1.54) is 60.3 Å². The molecule has 3 heteroatoms. The number of hydrogen-bond acceptors (Lipinski definition) is 1. The quantitative estimate of drug-likeness (QED) is 0.140. The van der Waals surface area contributed by atoms with Crippen molar-refractivity contribution >= 4 is 60.5 Å². The Morgan fingerprint density at radius 3 is 1.82 bits per heavy atom. The molecule has 0 saturated heterocycles. The molecule has 3 heterocycles. The lowest BCUT2D eigenvalue weighted by molar-refractivity contribution is 0.741. The largest absolute Gasteiger partial charge is 0.309 e. The summed E-state index contributed by atoms with van der Waals surface area (Å²) in [5, 5.41) is 15.0. The first-order chi connectivity index (χ1) is 33.6. The first-order valence-electron chi connectivity index (χ1n) is 23.4. The number of aromatic nitrogens is 2. The van der Waals surface area contributed by atoms with E-state index in [0.29, 0.717) is 5.71 Å². The van der Waals surface area contributed by atoms with Gasteiger partial charge in [-0.2, -0.15) is 0 Å². The molecule has 0 amide bonds. The molecule has 1 unspecified atom stereocenters. The van der Waals surface area contributed by atoms with E-state index >= 15 is 0 Å². The van der Waals surface area contributed by atoms with Gasteiger partial charge < -0.3 is 14.5 Å². The van der Waals surface area contributed by atoms with E-state index in [1.807, 2.05) is 18.2 Å². The van der Waals surface area contributed by atoms with E-state index < -0.39 is 5.41 Å². The molecule has 0 bridgehead atoms. The molecule has 11 aromatic rings. The molecule has 13 rings (SSSR count). The number of nitrogens with zero attached hydrogens (tertiary/aromatic N) is 2. The Kier molecular flexibility index (Phi) is 9.13. The van der Waals surface area contributed by atoms with E-state index in [1.54, 1.807) is 0 Å². The van der Waals surface area contributed by atoms with Crippen LogP contribution in [0, 0.1) is 5.41 Å². The van der Waals surface area contributed by atoms with Crippen molar-refractivity contribution in [3.05, 3.63) is 299 Å². The third-order valence-corrected chi connectivity index (χ3v) is 14.4. The van der Waals surface area contributed by atoms with Crippen LogP contribution < -0.4 is 0 Å². The third-order valence-electron chi connectivity index (χ3n) is 14.4. The second kappa shape index (κ2) is 15.7. The van der Waals surface area contributed by atoms with E-state index in [0.717, 1.165) is 62.3 Å². The summed E-state index contributed by atoms with van der Waals surface area (Å²) < 4.78 is 4.87. The van der Waals surface area contributed by atoms with Crippen LogP contribution >= 0.6 is 0 Å². The molecule has 0 saturated carbocycles. The molecule has 1 aliphatic carbocycles. The van der Waals surface area contributed by atoms with Gasteiger partial charge in [-0.1, -0.05) is 207 Å². The van der Waals surface area contributed by atoms with E-state index in [4.69, 9.17) is 0 Å². The Morgan fingerprint density at radius 1 is 0.515 bits per heavy atom. The van der Waals surface area contributed by atoms with Crippen LogP contribution in [0.3, 0.4) is 0 Å². The van der Waals surface area contributed by atoms with Crippen molar-refractivity contribution in [1.82, 2.24) is 9.13 Å². The summed E-state index contributed by atoms with van der Waals surface area (Å²) in [6.07, 6.45) is 9.55. The number of benzene rings is 9. The average Bonchev–Trinajstić information content (AvgIpc) is 4.02. The number of para-hydroxylation sites is 5. The van der Waals surface area contributed by atoms with Crippen LogP contribution in [0.4, 0.5) is 0 Å². The molecule has 0 radical (unpaired) electrons. The first-order valence-corrected chi connectivity index (χ1v) is 23.4. The summed E-state index contributed by atoms with van der Waals surface area (Å²) in [4.78, 5) is 0. The number of allylic oxidation sites excluding steroid dienone is 6. The highest BCUT2D eigenvalue weighted by Gasteiger charge is 2.51. The van der Waals surface area contributed by atoms with Gasteiger partial charge in [-0.3, -0.25) is 0 Å². The normalized spacial score (nSPS) is 14.9. The average molecular weight is 868 g/mol. The minimum absolute atomic E-state index is 0.447. The second-order valence-corrected chi connectivity index (χ2v) is 17.9. The lowest BCUT2D eigenvalue weighted by Crippen LogP contribution is -2.34. The monoisotopic (exact) mass is 867 g/mol. The first kappa shape index (κ1) is 39.6. The summed E-state index contributed by atoms with van der Waals surface area (Å²) in [6.45, 7) is 4.58. The van der Waals surface area contributed by atoms with Gasteiger partial charge in [-0.25, -0.2) is 0 Å². The maximum atomic E-state index is 10.1. The van der Waals surface area contributed by atoms with Gasteiger partial charge in [0.25, 0.3) is 0 Å². The molecule has 1 aliphatic heterocycles. The zero-order chi connectivity index (χ0) is 45.3. The molecule has 1 spiro atoms. The molecule has 3 nitrogen and oxygen atoms in total. The Morgan fingerprint density at radius 2 is 1.09 bits per heavy atom. The van der Waals surface area contributed by atoms with Gasteiger partial charge in [0.2, 0.25) is 0 Å². The molecule has 1 atom stereocenters. The highest BCUT2D eigenvalue weighted by molar-refractivity contribution is 6.17.